The van der Waals surface area contributed by atoms with Gasteiger partial charge in [-0.05, 0) is 35.4 Å². The fourth-order valence-corrected chi connectivity index (χ4v) is 3.82. The van der Waals surface area contributed by atoms with Crippen LogP contribution in [0.25, 0.3) is 0 Å². The molecule has 0 aliphatic heterocycles. The van der Waals surface area contributed by atoms with E-state index in [1.54, 1.807) is 0 Å². The highest BCUT2D eigenvalue weighted by atomic mass is 16.1. The van der Waals surface area contributed by atoms with Gasteiger partial charge in [0.05, 0.1) is 0 Å². The average molecular weight is 248 g/mol. The first kappa shape index (κ1) is 11.0. The number of carbonyl (C=O) groups is 1. The Hall–Kier alpha value is -1.89. The van der Waals surface area contributed by atoms with Crippen LogP contribution in [-0.2, 0) is 0 Å². The first-order valence-electron chi connectivity index (χ1n) is 7.05. The molecule has 0 amide bonds. The van der Waals surface area contributed by atoms with Crippen molar-refractivity contribution in [1.29, 1.82) is 0 Å². The molecule has 0 bridgehead atoms. The van der Waals surface area contributed by atoms with Crippen molar-refractivity contribution in [3.63, 3.8) is 0 Å². The summed E-state index contributed by atoms with van der Waals surface area (Å²) in [6, 6.07) is 17.0. The molecular formula is C18H16O. The minimum atomic E-state index is 0.335. The van der Waals surface area contributed by atoms with Crippen LogP contribution in [0.15, 0.2) is 48.5 Å². The molecule has 0 saturated heterocycles. The second-order valence-corrected chi connectivity index (χ2v) is 5.67. The molecule has 19 heavy (non-hydrogen) atoms. The van der Waals surface area contributed by atoms with Crippen LogP contribution in [-0.4, -0.2) is 5.78 Å². The summed E-state index contributed by atoms with van der Waals surface area (Å²) < 4.78 is 0. The Morgan fingerprint density at radius 3 is 2.63 bits per heavy atom. The molecule has 0 aromatic heterocycles. The van der Waals surface area contributed by atoms with Crippen molar-refractivity contribution in [3.05, 3.63) is 70.8 Å². The third-order valence-electron chi connectivity index (χ3n) is 4.67. The van der Waals surface area contributed by atoms with E-state index in [0.29, 0.717) is 17.6 Å². The first-order valence-corrected chi connectivity index (χ1v) is 7.05. The molecule has 2 aromatic carbocycles. The van der Waals surface area contributed by atoms with Gasteiger partial charge >= 0.3 is 0 Å². The Morgan fingerprint density at radius 2 is 1.79 bits per heavy atom. The number of hydrogen-bond acceptors (Lipinski definition) is 1. The molecule has 2 aliphatic carbocycles. The van der Waals surface area contributed by atoms with E-state index >= 15 is 0 Å². The topological polar surface area (TPSA) is 17.1 Å². The summed E-state index contributed by atoms with van der Waals surface area (Å²) in [7, 11) is 0. The van der Waals surface area contributed by atoms with E-state index < -0.39 is 0 Å². The predicted octanol–water partition coefficient (Wildman–Crippen LogP) is 4.28. The molecule has 94 valence electrons. The third-order valence-corrected chi connectivity index (χ3v) is 4.67. The van der Waals surface area contributed by atoms with E-state index in [1.165, 1.54) is 23.1 Å². The third kappa shape index (κ3) is 1.58. The van der Waals surface area contributed by atoms with Gasteiger partial charge in [-0.15, -0.1) is 0 Å². The van der Waals surface area contributed by atoms with Gasteiger partial charge < -0.3 is 0 Å². The summed E-state index contributed by atoms with van der Waals surface area (Å²) in [5, 5.41) is 0. The zero-order valence-electron chi connectivity index (χ0n) is 10.8. The highest BCUT2D eigenvalue weighted by Crippen LogP contribution is 2.50. The summed E-state index contributed by atoms with van der Waals surface area (Å²) in [5.74, 6) is 1.41. The molecule has 0 heterocycles. The molecule has 0 N–H and O–H groups in total. The summed E-state index contributed by atoms with van der Waals surface area (Å²) in [4.78, 5) is 12.1. The van der Waals surface area contributed by atoms with Crippen LogP contribution < -0.4 is 0 Å². The summed E-state index contributed by atoms with van der Waals surface area (Å²) in [6.45, 7) is 0. The molecule has 4 rings (SSSR count). The molecule has 0 radical (unpaired) electrons. The maximum Gasteiger partial charge on any atom is 0.163 e. The molecule has 0 saturated carbocycles. The molecule has 1 heteroatoms. The normalized spacial score (nSPS) is 24.3. The summed E-state index contributed by atoms with van der Waals surface area (Å²) >= 11 is 0. The lowest BCUT2D eigenvalue weighted by Gasteiger charge is -2.20. The van der Waals surface area contributed by atoms with Gasteiger partial charge in [0.2, 0.25) is 0 Å². The van der Waals surface area contributed by atoms with Gasteiger partial charge in [0.1, 0.15) is 0 Å². The predicted molar refractivity (Wildman–Crippen MR) is 75.6 cm³/mol. The van der Waals surface area contributed by atoms with E-state index in [2.05, 4.69) is 42.5 Å². The first-order chi connectivity index (χ1) is 9.34. The monoisotopic (exact) mass is 248 g/mol. The Kier molecular flexibility index (Phi) is 2.34. The van der Waals surface area contributed by atoms with Gasteiger partial charge in [-0.25, -0.2) is 0 Å². The maximum absolute atomic E-state index is 12.1. The van der Waals surface area contributed by atoms with Crippen LogP contribution in [0.1, 0.15) is 58.1 Å². The van der Waals surface area contributed by atoms with Crippen molar-refractivity contribution in [2.45, 2.75) is 31.1 Å². The van der Waals surface area contributed by atoms with Crippen molar-refractivity contribution < 1.29 is 4.79 Å². The van der Waals surface area contributed by atoms with Crippen molar-refractivity contribution >= 4 is 5.78 Å². The van der Waals surface area contributed by atoms with Crippen molar-refractivity contribution in [2.75, 3.05) is 0 Å². The van der Waals surface area contributed by atoms with Crippen LogP contribution in [0, 0.1) is 0 Å². The molecule has 0 spiro atoms. The SMILES string of the molecule is O=C1CC[C@H]2C[C@@H](c3ccccc3)c3cccc1c32. The largest absolute Gasteiger partial charge is 0.294 e. The molecule has 0 fully saturated rings. The quantitative estimate of drug-likeness (QED) is 0.736. The number of ketones is 1. The van der Waals surface area contributed by atoms with Crippen LogP contribution >= 0.6 is 0 Å². The average Bonchev–Trinajstić information content (AvgIpc) is 2.84. The molecular weight excluding hydrogens is 232 g/mol. The van der Waals surface area contributed by atoms with Gasteiger partial charge in [0, 0.05) is 17.9 Å². The van der Waals surface area contributed by atoms with Crippen molar-refractivity contribution in [3.8, 4) is 0 Å². The lowest BCUT2D eigenvalue weighted by molar-refractivity contribution is 0.0967. The number of rotatable bonds is 1. The zero-order valence-corrected chi connectivity index (χ0v) is 10.8. The van der Waals surface area contributed by atoms with Crippen LogP contribution in [0.5, 0.6) is 0 Å². The number of benzene rings is 2. The standard InChI is InChI=1S/C18H16O/c19-17-10-9-13-11-16(12-5-2-1-3-6-12)14-7-4-8-15(17)18(13)14/h1-8,13,16H,9-11H2/t13-,16-/m0/s1. The number of hydrogen-bond donors (Lipinski definition) is 0. The van der Waals surface area contributed by atoms with Gasteiger partial charge in [0.25, 0.3) is 0 Å². The van der Waals surface area contributed by atoms with Crippen molar-refractivity contribution in [2.24, 2.45) is 0 Å². The van der Waals surface area contributed by atoms with Crippen LogP contribution in [0.3, 0.4) is 0 Å². The van der Waals surface area contributed by atoms with Gasteiger partial charge in [0.15, 0.2) is 5.78 Å². The van der Waals surface area contributed by atoms with Crippen molar-refractivity contribution in [1.82, 2.24) is 0 Å². The van der Waals surface area contributed by atoms with Gasteiger partial charge in [-0.2, -0.15) is 0 Å². The van der Waals surface area contributed by atoms with E-state index in [9.17, 15) is 4.79 Å². The minimum Gasteiger partial charge on any atom is -0.294 e. The Bertz CT molecular complexity index is 642. The Balaban J connectivity index is 1.88. The summed E-state index contributed by atoms with van der Waals surface area (Å²) in [5.41, 5.74) is 5.12. The Labute approximate surface area is 113 Å². The molecule has 2 aliphatic rings. The maximum atomic E-state index is 12.1. The molecule has 0 unspecified atom stereocenters. The molecule has 1 nitrogen and oxygen atoms in total. The molecule has 2 atom stereocenters. The molecule has 2 aromatic rings. The van der Waals surface area contributed by atoms with Gasteiger partial charge in [-0.3, -0.25) is 4.79 Å². The number of carbonyl (C=O) groups excluding carboxylic acids is 1. The second-order valence-electron chi connectivity index (χ2n) is 5.67. The van der Waals surface area contributed by atoms with Crippen LogP contribution in [0.2, 0.25) is 0 Å². The fraction of sp³-hybridized carbons (Fsp3) is 0.278. The number of Topliss-reactive ketones (excluding diaryl/α,β-unsaturated/α-hetero) is 1. The lowest BCUT2D eigenvalue weighted by Crippen LogP contribution is -2.13. The van der Waals surface area contributed by atoms with E-state index in [0.717, 1.165) is 18.4 Å². The Morgan fingerprint density at radius 1 is 0.947 bits per heavy atom. The smallest absolute Gasteiger partial charge is 0.163 e. The van der Waals surface area contributed by atoms with Gasteiger partial charge in [-0.1, -0.05) is 48.5 Å². The second kappa shape index (κ2) is 4.06. The van der Waals surface area contributed by atoms with E-state index in [-0.39, 0.29) is 0 Å². The van der Waals surface area contributed by atoms with Crippen LogP contribution in [0.4, 0.5) is 0 Å². The van der Waals surface area contributed by atoms with E-state index in [1.807, 2.05) is 6.07 Å². The van der Waals surface area contributed by atoms with E-state index in [4.69, 9.17) is 0 Å². The zero-order chi connectivity index (χ0) is 12.8. The highest BCUT2D eigenvalue weighted by molar-refractivity contribution is 5.99. The lowest BCUT2D eigenvalue weighted by atomic mass is 9.83. The fourth-order valence-electron chi connectivity index (χ4n) is 3.82. The highest BCUT2D eigenvalue weighted by Gasteiger charge is 2.37. The summed E-state index contributed by atoms with van der Waals surface area (Å²) in [6.07, 6.45) is 2.93. The minimum absolute atomic E-state index is 0.335.